The van der Waals surface area contributed by atoms with Gasteiger partial charge in [0.2, 0.25) is 0 Å². The third-order valence-electron chi connectivity index (χ3n) is 1.60. The molecule has 3 nitrogen and oxygen atoms in total. The number of azide groups is 1. The van der Waals surface area contributed by atoms with Crippen molar-refractivity contribution in [1.29, 1.82) is 0 Å². The summed E-state index contributed by atoms with van der Waals surface area (Å²) < 4.78 is 0. The number of hydrogen-bond donors (Lipinski definition) is 0. The molecule has 0 aliphatic carbocycles. The molecule has 1 aromatic rings. The molecule has 3 heteroatoms. The SMILES string of the molecule is CC(=Cc1ccccc1)CN=[N+]=[N-]. The highest BCUT2D eigenvalue weighted by molar-refractivity contribution is 5.52. The molecule has 13 heavy (non-hydrogen) atoms. The molecule has 0 unspecified atom stereocenters. The van der Waals surface area contributed by atoms with Gasteiger partial charge in [-0.25, -0.2) is 0 Å². The van der Waals surface area contributed by atoms with E-state index in [1.54, 1.807) is 0 Å². The summed E-state index contributed by atoms with van der Waals surface area (Å²) in [6, 6.07) is 9.96. The molecule has 0 N–H and O–H groups in total. The van der Waals surface area contributed by atoms with E-state index in [-0.39, 0.29) is 0 Å². The quantitative estimate of drug-likeness (QED) is 0.382. The largest absolute Gasteiger partial charge is 0.0896 e. The molecule has 0 spiro atoms. The molecule has 0 heterocycles. The van der Waals surface area contributed by atoms with E-state index < -0.39 is 0 Å². The number of nitrogens with zero attached hydrogens (tertiary/aromatic N) is 3. The Morgan fingerprint density at radius 3 is 2.77 bits per heavy atom. The van der Waals surface area contributed by atoms with Crippen LogP contribution in [0, 0.1) is 0 Å². The lowest BCUT2D eigenvalue weighted by atomic mass is 10.1. The highest BCUT2D eigenvalue weighted by Gasteiger charge is 1.88. The van der Waals surface area contributed by atoms with E-state index in [0.29, 0.717) is 6.54 Å². The Labute approximate surface area is 77.3 Å². The van der Waals surface area contributed by atoms with Gasteiger partial charge < -0.3 is 0 Å². The van der Waals surface area contributed by atoms with Crippen LogP contribution in [0.3, 0.4) is 0 Å². The molecule has 0 amide bonds. The lowest BCUT2D eigenvalue weighted by Gasteiger charge is -1.95. The summed E-state index contributed by atoms with van der Waals surface area (Å²) in [5, 5.41) is 3.48. The van der Waals surface area contributed by atoms with Crippen LogP contribution in [0.15, 0.2) is 41.0 Å². The minimum Gasteiger partial charge on any atom is -0.0896 e. The van der Waals surface area contributed by atoms with E-state index in [0.717, 1.165) is 11.1 Å². The Hall–Kier alpha value is -1.73. The van der Waals surface area contributed by atoms with Crippen LogP contribution in [0.25, 0.3) is 16.5 Å². The van der Waals surface area contributed by atoms with Crippen LogP contribution in [0.1, 0.15) is 12.5 Å². The van der Waals surface area contributed by atoms with E-state index in [2.05, 4.69) is 10.0 Å². The molecule has 0 fully saturated rings. The minimum absolute atomic E-state index is 0.436. The molecule has 0 bridgehead atoms. The van der Waals surface area contributed by atoms with Crippen molar-refractivity contribution in [3.05, 3.63) is 51.9 Å². The van der Waals surface area contributed by atoms with Crippen molar-refractivity contribution >= 4 is 6.08 Å². The highest BCUT2D eigenvalue weighted by atomic mass is 15.1. The van der Waals surface area contributed by atoms with Crippen molar-refractivity contribution < 1.29 is 0 Å². The molecule has 0 atom stereocenters. The van der Waals surface area contributed by atoms with Gasteiger partial charge in [-0.15, -0.1) is 0 Å². The summed E-state index contributed by atoms with van der Waals surface area (Å²) in [6.07, 6.45) is 2.01. The van der Waals surface area contributed by atoms with Crippen molar-refractivity contribution in [3.8, 4) is 0 Å². The van der Waals surface area contributed by atoms with Crippen LogP contribution in [0.5, 0.6) is 0 Å². The molecule has 66 valence electrons. The van der Waals surface area contributed by atoms with Gasteiger partial charge in [-0.3, -0.25) is 0 Å². The van der Waals surface area contributed by atoms with Crippen molar-refractivity contribution in [2.75, 3.05) is 6.54 Å². The summed E-state index contributed by atoms with van der Waals surface area (Å²) in [6.45, 7) is 2.38. The average Bonchev–Trinajstić information content (AvgIpc) is 2.16. The fourth-order valence-corrected chi connectivity index (χ4v) is 1.02. The van der Waals surface area contributed by atoms with Gasteiger partial charge in [0, 0.05) is 11.5 Å². The van der Waals surface area contributed by atoms with Crippen LogP contribution in [-0.4, -0.2) is 6.54 Å². The zero-order valence-electron chi connectivity index (χ0n) is 7.51. The molecule has 0 aromatic heterocycles. The molecular formula is C10H11N3. The second kappa shape index (κ2) is 5.01. The smallest absolute Gasteiger partial charge is 0.0470 e. The lowest BCUT2D eigenvalue weighted by Crippen LogP contribution is -1.80. The van der Waals surface area contributed by atoms with Crippen molar-refractivity contribution in [1.82, 2.24) is 0 Å². The summed E-state index contributed by atoms with van der Waals surface area (Å²) in [5.74, 6) is 0. The molecule has 1 aromatic carbocycles. The molecular weight excluding hydrogens is 162 g/mol. The van der Waals surface area contributed by atoms with E-state index in [9.17, 15) is 0 Å². The summed E-state index contributed by atoms with van der Waals surface area (Å²) in [7, 11) is 0. The molecule has 0 aliphatic heterocycles. The standard InChI is InChI=1S/C10H11N3/c1-9(8-12-13-11)7-10-5-3-2-4-6-10/h2-7H,8H2,1H3. The van der Waals surface area contributed by atoms with Crippen LogP contribution in [0.2, 0.25) is 0 Å². The first-order valence-electron chi connectivity index (χ1n) is 4.06. The van der Waals surface area contributed by atoms with E-state index in [1.807, 2.05) is 43.3 Å². The van der Waals surface area contributed by atoms with Crippen LogP contribution in [-0.2, 0) is 0 Å². The fourth-order valence-electron chi connectivity index (χ4n) is 1.02. The molecule has 0 saturated carbocycles. The zero-order valence-corrected chi connectivity index (χ0v) is 7.51. The predicted octanol–water partition coefficient (Wildman–Crippen LogP) is 3.40. The van der Waals surface area contributed by atoms with E-state index >= 15 is 0 Å². The van der Waals surface area contributed by atoms with Gasteiger partial charge in [0.15, 0.2) is 0 Å². The Kier molecular flexibility index (Phi) is 3.61. The van der Waals surface area contributed by atoms with Gasteiger partial charge in [-0.2, -0.15) is 0 Å². The van der Waals surface area contributed by atoms with Crippen molar-refractivity contribution in [2.24, 2.45) is 5.11 Å². The second-order valence-electron chi connectivity index (χ2n) is 2.79. The van der Waals surface area contributed by atoms with Gasteiger partial charge in [0.05, 0.1) is 0 Å². The summed E-state index contributed by atoms with van der Waals surface area (Å²) in [4.78, 5) is 2.70. The fraction of sp³-hybridized carbons (Fsp3) is 0.200. The number of benzene rings is 1. The molecule has 0 saturated heterocycles. The maximum absolute atomic E-state index is 8.11. The van der Waals surface area contributed by atoms with E-state index in [4.69, 9.17) is 5.53 Å². The Bertz CT molecular complexity index is 334. The van der Waals surface area contributed by atoms with Crippen molar-refractivity contribution in [3.63, 3.8) is 0 Å². The van der Waals surface area contributed by atoms with Crippen LogP contribution in [0.4, 0.5) is 0 Å². The Morgan fingerprint density at radius 1 is 1.46 bits per heavy atom. The first kappa shape index (κ1) is 9.36. The van der Waals surface area contributed by atoms with Gasteiger partial charge in [-0.1, -0.05) is 47.1 Å². The third kappa shape index (κ3) is 3.45. The number of hydrogen-bond acceptors (Lipinski definition) is 1. The monoisotopic (exact) mass is 173 g/mol. The lowest BCUT2D eigenvalue weighted by molar-refractivity contribution is 1.13. The molecule has 1 rings (SSSR count). The zero-order chi connectivity index (χ0) is 9.52. The van der Waals surface area contributed by atoms with Crippen LogP contribution >= 0.6 is 0 Å². The van der Waals surface area contributed by atoms with E-state index in [1.165, 1.54) is 0 Å². The van der Waals surface area contributed by atoms with Crippen LogP contribution < -0.4 is 0 Å². The van der Waals surface area contributed by atoms with Gasteiger partial charge >= 0.3 is 0 Å². The number of rotatable bonds is 3. The Balaban J connectivity index is 2.71. The first-order valence-corrected chi connectivity index (χ1v) is 4.06. The molecule has 0 aliphatic rings. The Morgan fingerprint density at radius 2 is 2.15 bits per heavy atom. The van der Waals surface area contributed by atoms with Gasteiger partial charge in [-0.05, 0) is 18.0 Å². The summed E-state index contributed by atoms with van der Waals surface area (Å²) >= 11 is 0. The topological polar surface area (TPSA) is 48.8 Å². The maximum Gasteiger partial charge on any atom is 0.0470 e. The third-order valence-corrected chi connectivity index (χ3v) is 1.60. The first-order chi connectivity index (χ1) is 6.33. The highest BCUT2D eigenvalue weighted by Crippen LogP contribution is 2.05. The van der Waals surface area contributed by atoms with Gasteiger partial charge in [0.1, 0.15) is 0 Å². The average molecular weight is 173 g/mol. The second-order valence-corrected chi connectivity index (χ2v) is 2.79. The minimum atomic E-state index is 0.436. The molecule has 0 radical (unpaired) electrons. The van der Waals surface area contributed by atoms with Crippen molar-refractivity contribution in [2.45, 2.75) is 6.92 Å². The summed E-state index contributed by atoms with van der Waals surface area (Å²) in [5.41, 5.74) is 10.3. The normalized spacial score (nSPS) is 10.7. The maximum atomic E-state index is 8.11. The predicted molar refractivity (Wildman–Crippen MR) is 54.1 cm³/mol. The van der Waals surface area contributed by atoms with Gasteiger partial charge in [0.25, 0.3) is 0 Å².